The summed E-state index contributed by atoms with van der Waals surface area (Å²) in [6.07, 6.45) is 4.34. The highest BCUT2D eigenvalue weighted by Gasteiger charge is 2.09. The molecule has 0 aromatic carbocycles. The zero-order chi connectivity index (χ0) is 10.6. The molecule has 1 aromatic rings. The van der Waals surface area contributed by atoms with Gasteiger partial charge in [0, 0.05) is 18.1 Å². The van der Waals surface area contributed by atoms with Crippen molar-refractivity contribution in [1.29, 1.82) is 0 Å². The minimum atomic E-state index is 0.648. The van der Waals surface area contributed by atoms with Gasteiger partial charge in [-0.15, -0.1) is 0 Å². The van der Waals surface area contributed by atoms with Gasteiger partial charge >= 0.3 is 0 Å². The van der Waals surface area contributed by atoms with Crippen molar-refractivity contribution in [3.8, 4) is 0 Å². The number of aryl methyl sites for hydroxylation is 1. The molecule has 0 aliphatic heterocycles. The van der Waals surface area contributed by atoms with Gasteiger partial charge in [-0.25, -0.2) is 0 Å². The standard InChI is InChI=1S/C10H16BrClN2/c1-3-4-9(5-11)6-14-7-10(12)8(2)13-14/h7,9H,3-6H2,1-2H3. The quantitative estimate of drug-likeness (QED) is 0.752. The van der Waals surface area contributed by atoms with E-state index in [2.05, 4.69) is 28.0 Å². The van der Waals surface area contributed by atoms with E-state index in [0.29, 0.717) is 5.92 Å². The molecule has 1 rings (SSSR count). The number of rotatable bonds is 5. The molecule has 0 spiro atoms. The number of halogens is 2. The summed E-state index contributed by atoms with van der Waals surface area (Å²) in [6, 6.07) is 0. The minimum Gasteiger partial charge on any atom is -0.271 e. The first-order valence-electron chi connectivity index (χ1n) is 4.92. The second kappa shape index (κ2) is 5.76. The first-order valence-corrected chi connectivity index (χ1v) is 6.42. The molecule has 1 atom stereocenters. The molecule has 0 amide bonds. The fourth-order valence-corrected chi connectivity index (χ4v) is 2.16. The molecule has 0 fully saturated rings. The van der Waals surface area contributed by atoms with Crippen molar-refractivity contribution in [2.24, 2.45) is 5.92 Å². The van der Waals surface area contributed by atoms with Crippen molar-refractivity contribution in [3.05, 3.63) is 16.9 Å². The summed E-state index contributed by atoms with van der Waals surface area (Å²) in [7, 11) is 0. The van der Waals surface area contributed by atoms with Crippen molar-refractivity contribution < 1.29 is 0 Å². The predicted molar refractivity (Wildman–Crippen MR) is 64.2 cm³/mol. The fourth-order valence-electron chi connectivity index (χ4n) is 1.48. The molecular weight excluding hydrogens is 263 g/mol. The molecule has 1 aromatic heterocycles. The van der Waals surface area contributed by atoms with Crippen LogP contribution < -0.4 is 0 Å². The predicted octanol–water partition coefficient (Wildman–Crippen LogP) is 3.66. The Morgan fingerprint density at radius 2 is 2.36 bits per heavy atom. The molecule has 0 aliphatic carbocycles. The van der Waals surface area contributed by atoms with Crippen molar-refractivity contribution >= 4 is 27.5 Å². The Bertz CT molecular complexity index is 266. The number of alkyl halides is 1. The molecule has 2 nitrogen and oxygen atoms in total. The van der Waals surface area contributed by atoms with Crippen LogP contribution in [0.3, 0.4) is 0 Å². The summed E-state index contributed by atoms with van der Waals surface area (Å²) in [4.78, 5) is 0. The molecule has 0 bridgehead atoms. The van der Waals surface area contributed by atoms with Crippen LogP contribution in [0.25, 0.3) is 0 Å². The maximum absolute atomic E-state index is 5.94. The van der Waals surface area contributed by atoms with Crippen LogP contribution in [0.2, 0.25) is 5.02 Å². The molecule has 1 unspecified atom stereocenters. The first kappa shape index (κ1) is 12.1. The summed E-state index contributed by atoms with van der Waals surface area (Å²) in [5, 5.41) is 6.13. The average Bonchev–Trinajstić information content (AvgIpc) is 2.45. The maximum Gasteiger partial charge on any atom is 0.0814 e. The van der Waals surface area contributed by atoms with Gasteiger partial charge in [0.2, 0.25) is 0 Å². The molecule has 0 saturated heterocycles. The Hall–Kier alpha value is -0.0200. The Morgan fingerprint density at radius 1 is 1.64 bits per heavy atom. The lowest BCUT2D eigenvalue weighted by atomic mass is 10.1. The van der Waals surface area contributed by atoms with Crippen LogP contribution in [0.4, 0.5) is 0 Å². The molecule has 4 heteroatoms. The van der Waals surface area contributed by atoms with Gasteiger partial charge < -0.3 is 0 Å². The Morgan fingerprint density at radius 3 is 2.79 bits per heavy atom. The van der Waals surface area contributed by atoms with Crippen molar-refractivity contribution in [2.75, 3.05) is 5.33 Å². The second-order valence-electron chi connectivity index (χ2n) is 3.59. The monoisotopic (exact) mass is 278 g/mol. The van der Waals surface area contributed by atoms with E-state index >= 15 is 0 Å². The highest BCUT2D eigenvalue weighted by molar-refractivity contribution is 9.09. The molecular formula is C10H16BrClN2. The largest absolute Gasteiger partial charge is 0.271 e. The highest BCUT2D eigenvalue weighted by Crippen LogP contribution is 2.16. The lowest BCUT2D eigenvalue weighted by Gasteiger charge is -2.12. The van der Waals surface area contributed by atoms with Crippen molar-refractivity contribution in [2.45, 2.75) is 33.2 Å². The topological polar surface area (TPSA) is 17.8 Å². The number of hydrogen-bond donors (Lipinski definition) is 0. The van der Waals surface area contributed by atoms with Crippen LogP contribution in [-0.4, -0.2) is 15.1 Å². The molecule has 0 N–H and O–H groups in total. The Kier molecular flexibility index (Phi) is 4.96. The van der Waals surface area contributed by atoms with Crippen LogP contribution in [0, 0.1) is 12.8 Å². The smallest absolute Gasteiger partial charge is 0.0814 e. The Labute approximate surface area is 98.8 Å². The SMILES string of the molecule is CCCC(CBr)Cn1cc(Cl)c(C)n1. The van der Waals surface area contributed by atoms with Gasteiger partial charge in [-0.05, 0) is 19.3 Å². The number of hydrogen-bond acceptors (Lipinski definition) is 1. The van der Waals surface area contributed by atoms with Crippen LogP contribution >= 0.6 is 27.5 Å². The molecule has 0 aliphatic rings. The lowest BCUT2D eigenvalue weighted by molar-refractivity contribution is 0.427. The van der Waals surface area contributed by atoms with Gasteiger partial charge in [0.1, 0.15) is 0 Å². The van der Waals surface area contributed by atoms with Crippen LogP contribution in [-0.2, 0) is 6.54 Å². The second-order valence-corrected chi connectivity index (χ2v) is 4.65. The molecule has 0 radical (unpaired) electrons. The third-order valence-electron chi connectivity index (χ3n) is 2.25. The zero-order valence-electron chi connectivity index (χ0n) is 8.63. The van der Waals surface area contributed by atoms with E-state index in [-0.39, 0.29) is 0 Å². The van der Waals surface area contributed by atoms with Crippen molar-refractivity contribution in [3.63, 3.8) is 0 Å². The lowest BCUT2D eigenvalue weighted by Crippen LogP contribution is -2.12. The highest BCUT2D eigenvalue weighted by atomic mass is 79.9. The van der Waals surface area contributed by atoms with E-state index < -0.39 is 0 Å². The summed E-state index contributed by atoms with van der Waals surface area (Å²) >= 11 is 9.46. The zero-order valence-corrected chi connectivity index (χ0v) is 11.0. The third kappa shape index (κ3) is 3.28. The summed E-state index contributed by atoms with van der Waals surface area (Å²) < 4.78 is 1.94. The summed E-state index contributed by atoms with van der Waals surface area (Å²) in [5.74, 6) is 0.648. The van der Waals surface area contributed by atoms with Gasteiger partial charge in [-0.3, -0.25) is 4.68 Å². The van der Waals surface area contributed by atoms with E-state index in [1.807, 2.05) is 17.8 Å². The van der Waals surface area contributed by atoms with E-state index in [1.54, 1.807) is 0 Å². The number of nitrogens with zero attached hydrogens (tertiary/aromatic N) is 2. The average molecular weight is 280 g/mol. The normalized spacial score (nSPS) is 13.1. The number of aromatic nitrogens is 2. The van der Waals surface area contributed by atoms with E-state index in [9.17, 15) is 0 Å². The minimum absolute atomic E-state index is 0.648. The van der Waals surface area contributed by atoms with Gasteiger partial charge in [0.15, 0.2) is 0 Å². The third-order valence-corrected chi connectivity index (χ3v) is 3.53. The molecule has 80 valence electrons. The van der Waals surface area contributed by atoms with E-state index in [4.69, 9.17) is 11.6 Å². The Balaban J connectivity index is 2.57. The summed E-state index contributed by atoms with van der Waals surface area (Å²) in [6.45, 7) is 5.09. The van der Waals surface area contributed by atoms with Crippen molar-refractivity contribution in [1.82, 2.24) is 9.78 Å². The van der Waals surface area contributed by atoms with Crippen LogP contribution in [0.5, 0.6) is 0 Å². The maximum atomic E-state index is 5.94. The molecule has 14 heavy (non-hydrogen) atoms. The van der Waals surface area contributed by atoms with Gasteiger partial charge in [0.25, 0.3) is 0 Å². The van der Waals surface area contributed by atoms with E-state index in [0.717, 1.165) is 22.6 Å². The fraction of sp³-hybridized carbons (Fsp3) is 0.700. The summed E-state index contributed by atoms with van der Waals surface area (Å²) in [5.41, 5.74) is 0.913. The van der Waals surface area contributed by atoms with Crippen LogP contribution in [0.15, 0.2) is 6.20 Å². The van der Waals surface area contributed by atoms with E-state index in [1.165, 1.54) is 12.8 Å². The molecule has 0 saturated carbocycles. The van der Waals surface area contributed by atoms with Crippen LogP contribution in [0.1, 0.15) is 25.5 Å². The molecule has 1 heterocycles. The van der Waals surface area contributed by atoms with Gasteiger partial charge in [0.05, 0.1) is 10.7 Å². The first-order chi connectivity index (χ1) is 6.67. The van der Waals surface area contributed by atoms with Gasteiger partial charge in [-0.2, -0.15) is 5.10 Å². The van der Waals surface area contributed by atoms with Gasteiger partial charge in [-0.1, -0.05) is 40.9 Å².